The zero-order valence-corrected chi connectivity index (χ0v) is 14.8. The third kappa shape index (κ3) is 2.83. The maximum Gasteiger partial charge on any atom is 0.264 e. The second kappa shape index (κ2) is 6.24. The second-order valence-corrected chi connectivity index (χ2v) is 7.31. The van der Waals surface area contributed by atoms with Crippen molar-refractivity contribution >= 4 is 27.3 Å². The predicted octanol–water partition coefficient (Wildman–Crippen LogP) is 3.59. The molecule has 1 atom stereocenters. The third-order valence-electron chi connectivity index (χ3n) is 4.60. The van der Waals surface area contributed by atoms with Gasteiger partial charge < -0.3 is 9.64 Å². The number of aromatic nitrogens is 2. The van der Waals surface area contributed by atoms with E-state index in [1.165, 1.54) is 23.5 Å². The van der Waals surface area contributed by atoms with Gasteiger partial charge in [0.25, 0.3) is 5.91 Å². The maximum atomic E-state index is 13.4. The van der Waals surface area contributed by atoms with E-state index in [1.54, 1.807) is 12.1 Å². The number of carbonyl (C=O) groups is 1. The van der Waals surface area contributed by atoms with E-state index in [4.69, 9.17) is 4.74 Å². The van der Waals surface area contributed by atoms with Gasteiger partial charge in [0.1, 0.15) is 5.82 Å². The lowest BCUT2D eigenvalue weighted by molar-refractivity contribution is -0.00274. The first-order chi connectivity index (χ1) is 12.0. The second-order valence-electron chi connectivity index (χ2n) is 6.23. The molecule has 3 heterocycles. The Morgan fingerprint density at radius 2 is 2.24 bits per heavy atom. The first-order valence-electron chi connectivity index (χ1n) is 8.14. The summed E-state index contributed by atoms with van der Waals surface area (Å²) in [4.78, 5) is 15.6. The lowest BCUT2D eigenvalue weighted by Gasteiger charge is -2.35. The summed E-state index contributed by atoms with van der Waals surface area (Å²) in [5.74, 6) is -0.340. The van der Waals surface area contributed by atoms with Crippen molar-refractivity contribution in [3.63, 3.8) is 0 Å². The Labute approximate surface area is 148 Å². The normalized spacial score (nSPS) is 18.0. The minimum absolute atomic E-state index is 0.0464. The largest absolute Gasteiger partial charge is 0.377 e. The number of nitrogens with one attached hydrogen (secondary N) is 1. The summed E-state index contributed by atoms with van der Waals surface area (Å²) < 4.78 is 20.0. The molecular formula is C18H18FN3O2S. The maximum absolute atomic E-state index is 13.4. The molecule has 4 rings (SSSR count). The summed E-state index contributed by atoms with van der Waals surface area (Å²) in [5, 5.41) is 7.98. The topological polar surface area (TPSA) is 58.2 Å². The number of H-pyrrole nitrogens is 1. The molecule has 1 aliphatic rings. The molecule has 1 unspecified atom stereocenters. The minimum atomic E-state index is -0.293. The Hall–Kier alpha value is -2.25. The summed E-state index contributed by atoms with van der Waals surface area (Å²) in [5.41, 5.74) is 2.84. The molecule has 5 nitrogen and oxygen atoms in total. The van der Waals surface area contributed by atoms with Crippen LogP contribution >= 0.6 is 11.3 Å². The molecule has 7 heteroatoms. The number of halogens is 1. The van der Waals surface area contributed by atoms with Crippen LogP contribution in [0.5, 0.6) is 0 Å². The van der Waals surface area contributed by atoms with Crippen molar-refractivity contribution in [2.75, 3.05) is 19.8 Å². The highest BCUT2D eigenvalue weighted by atomic mass is 32.1. The van der Waals surface area contributed by atoms with E-state index < -0.39 is 0 Å². The van der Waals surface area contributed by atoms with Crippen LogP contribution in [-0.2, 0) is 4.74 Å². The van der Waals surface area contributed by atoms with Gasteiger partial charge in [0.2, 0.25) is 0 Å². The molecule has 0 radical (unpaired) electrons. The van der Waals surface area contributed by atoms with Crippen molar-refractivity contribution in [2.24, 2.45) is 0 Å². The monoisotopic (exact) mass is 359 g/mol. The fourth-order valence-corrected chi connectivity index (χ4v) is 4.40. The predicted molar refractivity (Wildman–Crippen MR) is 94.4 cm³/mol. The number of aromatic amines is 1. The molecule has 1 N–H and O–H groups in total. The van der Waals surface area contributed by atoms with Crippen LogP contribution in [0.3, 0.4) is 0 Å². The minimum Gasteiger partial charge on any atom is -0.377 e. The van der Waals surface area contributed by atoms with Crippen molar-refractivity contribution in [3.8, 4) is 0 Å². The molecule has 0 spiro atoms. The molecule has 25 heavy (non-hydrogen) atoms. The third-order valence-corrected chi connectivity index (χ3v) is 5.70. The molecule has 1 fully saturated rings. The van der Waals surface area contributed by atoms with E-state index in [1.807, 2.05) is 18.7 Å². The lowest BCUT2D eigenvalue weighted by Crippen LogP contribution is -2.43. The molecular weight excluding hydrogens is 341 g/mol. The molecule has 0 bridgehead atoms. The average Bonchev–Trinajstić information content (AvgIpc) is 3.17. The Balaban J connectivity index is 1.71. The van der Waals surface area contributed by atoms with Gasteiger partial charge in [-0.3, -0.25) is 9.89 Å². The SMILES string of the molecule is Cc1n[nH]c(C)c1C1COCCN1C(=O)c1cc2cc(F)ccc2s1. The van der Waals surface area contributed by atoms with E-state index >= 15 is 0 Å². The molecule has 0 saturated carbocycles. The fraction of sp³-hybridized carbons (Fsp3) is 0.333. The Morgan fingerprint density at radius 3 is 3.00 bits per heavy atom. The molecule has 3 aromatic rings. The number of benzene rings is 1. The van der Waals surface area contributed by atoms with E-state index in [9.17, 15) is 9.18 Å². The first kappa shape index (κ1) is 16.2. The molecule has 1 amide bonds. The summed E-state index contributed by atoms with van der Waals surface area (Å²) in [6.07, 6.45) is 0. The van der Waals surface area contributed by atoms with E-state index in [0.717, 1.165) is 27.0 Å². The van der Waals surface area contributed by atoms with Gasteiger partial charge in [-0.1, -0.05) is 0 Å². The van der Waals surface area contributed by atoms with Gasteiger partial charge in [-0.25, -0.2) is 4.39 Å². The van der Waals surface area contributed by atoms with E-state index in [-0.39, 0.29) is 17.8 Å². The van der Waals surface area contributed by atoms with Gasteiger partial charge in [-0.05, 0) is 43.5 Å². The first-order valence-corrected chi connectivity index (χ1v) is 8.95. The van der Waals surface area contributed by atoms with Crippen LogP contribution in [0.4, 0.5) is 4.39 Å². The number of aryl methyl sites for hydroxylation is 2. The lowest BCUT2D eigenvalue weighted by atomic mass is 10.0. The van der Waals surface area contributed by atoms with Gasteiger partial charge in [0.05, 0.1) is 29.8 Å². The molecule has 1 aliphatic heterocycles. The highest BCUT2D eigenvalue weighted by molar-refractivity contribution is 7.20. The van der Waals surface area contributed by atoms with Crippen molar-refractivity contribution < 1.29 is 13.9 Å². The quantitative estimate of drug-likeness (QED) is 0.761. The number of rotatable bonds is 2. The Bertz CT molecular complexity index is 930. The molecule has 1 aromatic carbocycles. The number of hydrogen-bond donors (Lipinski definition) is 1. The van der Waals surface area contributed by atoms with Crippen LogP contribution in [0, 0.1) is 19.7 Å². The number of amides is 1. The zero-order chi connectivity index (χ0) is 17.6. The van der Waals surface area contributed by atoms with E-state index in [2.05, 4.69) is 10.2 Å². The van der Waals surface area contributed by atoms with Gasteiger partial charge in [-0.2, -0.15) is 5.10 Å². The number of thiophene rings is 1. The summed E-state index contributed by atoms with van der Waals surface area (Å²) in [7, 11) is 0. The number of nitrogens with zero attached hydrogens (tertiary/aromatic N) is 2. The van der Waals surface area contributed by atoms with Gasteiger partial charge >= 0.3 is 0 Å². The van der Waals surface area contributed by atoms with Crippen LogP contribution in [-0.4, -0.2) is 40.8 Å². The van der Waals surface area contributed by atoms with Crippen LogP contribution in [0.1, 0.15) is 32.7 Å². The molecule has 2 aromatic heterocycles. The number of fused-ring (bicyclic) bond motifs is 1. The Kier molecular flexibility index (Phi) is 4.05. The summed E-state index contributed by atoms with van der Waals surface area (Å²) >= 11 is 1.39. The van der Waals surface area contributed by atoms with E-state index in [0.29, 0.717) is 24.6 Å². The number of carbonyl (C=O) groups excluding carboxylic acids is 1. The average molecular weight is 359 g/mol. The van der Waals surface area contributed by atoms with Crippen molar-refractivity contribution in [1.82, 2.24) is 15.1 Å². The standard InChI is InChI=1S/C18H18FN3O2S/c1-10-17(11(2)21-20-10)14-9-24-6-5-22(14)18(23)16-8-12-7-13(19)3-4-15(12)25-16/h3-4,7-8,14H,5-6,9H2,1-2H3,(H,20,21). The number of morpholine rings is 1. The van der Waals surface area contributed by atoms with Crippen molar-refractivity contribution in [2.45, 2.75) is 19.9 Å². The molecule has 1 saturated heterocycles. The van der Waals surface area contributed by atoms with Crippen LogP contribution in [0.2, 0.25) is 0 Å². The zero-order valence-electron chi connectivity index (χ0n) is 14.0. The number of ether oxygens (including phenoxy) is 1. The van der Waals surface area contributed by atoms with Gasteiger partial charge in [0, 0.05) is 22.5 Å². The van der Waals surface area contributed by atoms with Gasteiger partial charge in [-0.15, -0.1) is 11.3 Å². The smallest absolute Gasteiger partial charge is 0.264 e. The highest BCUT2D eigenvalue weighted by Crippen LogP contribution is 2.33. The van der Waals surface area contributed by atoms with Crippen molar-refractivity contribution in [1.29, 1.82) is 0 Å². The van der Waals surface area contributed by atoms with Crippen LogP contribution in [0.15, 0.2) is 24.3 Å². The summed E-state index contributed by atoms with van der Waals surface area (Å²) in [6.45, 7) is 5.37. The molecule has 130 valence electrons. The summed E-state index contributed by atoms with van der Waals surface area (Å²) in [6, 6.07) is 6.20. The van der Waals surface area contributed by atoms with Crippen LogP contribution in [0.25, 0.3) is 10.1 Å². The van der Waals surface area contributed by atoms with Crippen molar-refractivity contribution in [3.05, 3.63) is 51.9 Å². The van der Waals surface area contributed by atoms with Crippen LogP contribution < -0.4 is 0 Å². The number of hydrogen-bond acceptors (Lipinski definition) is 4. The van der Waals surface area contributed by atoms with Gasteiger partial charge in [0.15, 0.2) is 0 Å². The molecule has 0 aliphatic carbocycles. The fourth-order valence-electron chi connectivity index (χ4n) is 3.40. The highest BCUT2D eigenvalue weighted by Gasteiger charge is 2.33. The Morgan fingerprint density at radius 1 is 1.40 bits per heavy atom.